The van der Waals surface area contributed by atoms with E-state index in [4.69, 9.17) is 5.73 Å². The number of carbonyl (C=O) groups excluding carboxylic acids is 2. The number of primary amides is 1. The van der Waals surface area contributed by atoms with Crippen LogP contribution in [0, 0.1) is 5.92 Å². The van der Waals surface area contributed by atoms with Crippen molar-refractivity contribution in [2.75, 3.05) is 44.2 Å². The number of hydrogen-bond donors (Lipinski definition) is 2. The number of urea groups is 1. The van der Waals surface area contributed by atoms with Crippen LogP contribution in [0.25, 0.3) is 0 Å². The molecule has 3 saturated heterocycles. The zero-order valence-electron chi connectivity index (χ0n) is 16.3. The van der Waals surface area contributed by atoms with Crippen LogP contribution in [0.3, 0.4) is 0 Å². The Hall–Kier alpha value is -2.56. The number of likely N-dealkylation sites (tertiary alicyclic amines) is 2. The first-order valence-corrected chi connectivity index (χ1v) is 9.90. The molecule has 1 aromatic rings. The fraction of sp³-hybridized carbons (Fsp3) is 0.632. The normalized spacial score (nSPS) is 27.5. The van der Waals surface area contributed by atoms with E-state index in [-0.39, 0.29) is 36.7 Å². The number of nitrogens with two attached hydrogens (primary N) is 1. The van der Waals surface area contributed by atoms with Gasteiger partial charge in [0.05, 0.1) is 12.5 Å². The molecule has 0 aliphatic carbocycles. The van der Waals surface area contributed by atoms with Crippen molar-refractivity contribution in [2.24, 2.45) is 11.7 Å². The number of β-amino-alcohol motifs (C(OH)–C–C–N with tert-alkyl or cyclic N) is 1. The van der Waals surface area contributed by atoms with Crippen LogP contribution in [-0.2, 0) is 4.79 Å². The SMILES string of the molecule is NC(=O)[C@H]1CCN(C(=O)N2CC(c3ccc(N4CC[C@](O)(C(F)(F)F)C4)nc3)C2)C1. The van der Waals surface area contributed by atoms with Gasteiger partial charge >= 0.3 is 12.2 Å². The Kier molecular flexibility index (Phi) is 5.03. The maximum atomic E-state index is 13.0. The molecule has 1 aromatic heterocycles. The zero-order chi connectivity index (χ0) is 21.7. The fourth-order valence-electron chi connectivity index (χ4n) is 4.26. The number of halogens is 3. The third-order valence-electron chi connectivity index (χ3n) is 6.35. The summed E-state index contributed by atoms with van der Waals surface area (Å²) in [5, 5.41) is 9.81. The minimum Gasteiger partial charge on any atom is -0.379 e. The number of aliphatic hydroxyl groups is 1. The largest absolute Gasteiger partial charge is 0.418 e. The Morgan fingerprint density at radius 2 is 1.90 bits per heavy atom. The number of aromatic nitrogens is 1. The van der Waals surface area contributed by atoms with Crippen LogP contribution in [-0.4, -0.2) is 82.9 Å². The number of alkyl halides is 3. The lowest BCUT2D eigenvalue weighted by Gasteiger charge is -2.41. The van der Waals surface area contributed by atoms with Gasteiger partial charge < -0.3 is 25.5 Å². The average Bonchev–Trinajstić information content (AvgIpc) is 3.28. The lowest BCUT2D eigenvalue weighted by molar-refractivity contribution is -0.250. The van der Waals surface area contributed by atoms with E-state index < -0.39 is 18.3 Å². The lowest BCUT2D eigenvalue weighted by atomic mass is 9.93. The van der Waals surface area contributed by atoms with E-state index in [1.165, 1.54) is 4.90 Å². The van der Waals surface area contributed by atoms with Gasteiger partial charge in [0.2, 0.25) is 5.91 Å². The Morgan fingerprint density at radius 3 is 2.43 bits per heavy atom. The molecule has 164 valence electrons. The van der Waals surface area contributed by atoms with Crippen LogP contribution in [0.2, 0.25) is 0 Å². The van der Waals surface area contributed by atoms with E-state index >= 15 is 0 Å². The van der Waals surface area contributed by atoms with Crippen molar-refractivity contribution in [1.82, 2.24) is 14.8 Å². The van der Waals surface area contributed by atoms with E-state index in [9.17, 15) is 27.9 Å². The van der Waals surface area contributed by atoms with Crippen LogP contribution in [0.4, 0.5) is 23.8 Å². The van der Waals surface area contributed by atoms with Crippen LogP contribution < -0.4 is 10.6 Å². The Bertz CT molecular complexity index is 828. The smallest absolute Gasteiger partial charge is 0.379 e. The zero-order valence-corrected chi connectivity index (χ0v) is 16.3. The molecule has 0 aromatic carbocycles. The molecule has 3 fully saturated rings. The van der Waals surface area contributed by atoms with E-state index in [2.05, 4.69) is 4.98 Å². The summed E-state index contributed by atoms with van der Waals surface area (Å²) in [7, 11) is 0. The summed E-state index contributed by atoms with van der Waals surface area (Å²) in [5.74, 6) is -0.176. The van der Waals surface area contributed by atoms with Gasteiger partial charge in [-0.3, -0.25) is 4.79 Å². The first-order chi connectivity index (χ1) is 14.1. The molecule has 4 heterocycles. The van der Waals surface area contributed by atoms with Crippen molar-refractivity contribution in [3.05, 3.63) is 23.9 Å². The van der Waals surface area contributed by atoms with Crippen molar-refractivity contribution in [1.29, 1.82) is 0 Å². The monoisotopic (exact) mass is 427 g/mol. The van der Waals surface area contributed by atoms with Gasteiger partial charge in [0, 0.05) is 51.3 Å². The molecule has 8 nitrogen and oxygen atoms in total. The number of carbonyl (C=O) groups is 2. The van der Waals surface area contributed by atoms with E-state index in [1.807, 2.05) is 0 Å². The third kappa shape index (κ3) is 3.66. The van der Waals surface area contributed by atoms with Gasteiger partial charge in [-0.2, -0.15) is 13.2 Å². The molecule has 3 N–H and O–H groups in total. The number of hydrogen-bond acceptors (Lipinski definition) is 5. The van der Waals surface area contributed by atoms with Crippen LogP contribution in [0.15, 0.2) is 18.3 Å². The summed E-state index contributed by atoms with van der Waals surface area (Å²) in [5.41, 5.74) is 3.51. The van der Waals surface area contributed by atoms with Crippen LogP contribution in [0.1, 0.15) is 24.3 Å². The summed E-state index contributed by atoms with van der Waals surface area (Å²) < 4.78 is 38.9. The molecule has 0 radical (unpaired) electrons. The van der Waals surface area contributed by atoms with Crippen molar-refractivity contribution < 1.29 is 27.9 Å². The maximum absolute atomic E-state index is 13.0. The highest BCUT2D eigenvalue weighted by molar-refractivity contribution is 5.80. The predicted molar refractivity (Wildman–Crippen MR) is 101 cm³/mol. The van der Waals surface area contributed by atoms with Crippen molar-refractivity contribution in [2.45, 2.75) is 30.5 Å². The lowest BCUT2D eigenvalue weighted by Crippen LogP contribution is -2.53. The second kappa shape index (κ2) is 7.29. The summed E-state index contributed by atoms with van der Waals surface area (Å²) in [4.78, 5) is 32.8. The first-order valence-electron chi connectivity index (χ1n) is 9.90. The molecule has 0 saturated carbocycles. The third-order valence-corrected chi connectivity index (χ3v) is 6.35. The molecule has 3 aliphatic rings. The number of amides is 3. The molecular formula is C19H24F3N5O3. The summed E-state index contributed by atoms with van der Waals surface area (Å²) >= 11 is 0. The number of pyridine rings is 1. The highest BCUT2D eigenvalue weighted by atomic mass is 19.4. The van der Waals surface area contributed by atoms with Gasteiger partial charge in [-0.05, 0) is 18.1 Å². The van der Waals surface area contributed by atoms with E-state index in [1.54, 1.807) is 28.1 Å². The minimum atomic E-state index is -4.67. The van der Waals surface area contributed by atoms with Crippen molar-refractivity contribution >= 4 is 17.8 Å². The number of nitrogens with zero attached hydrogens (tertiary/aromatic N) is 4. The number of rotatable bonds is 3. The topological polar surface area (TPSA) is 103 Å². The maximum Gasteiger partial charge on any atom is 0.418 e. The van der Waals surface area contributed by atoms with Gasteiger partial charge in [0.15, 0.2) is 5.60 Å². The van der Waals surface area contributed by atoms with Gasteiger partial charge in [-0.15, -0.1) is 0 Å². The predicted octanol–water partition coefficient (Wildman–Crippen LogP) is 0.911. The van der Waals surface area contributed by atoms with Crippen LogP contribution in [0.5, 0.6) is 0 Å². The molecule has 0 bridgehead atoms. The quantitative estimate of drug-likeness (QED) is 0.747. The minimum absolute atomic E-state index is 0.0796. The molecule has 11 heteroatoms. The summed E-state index contributed by atoms with van der Waals surface area (Å²) in [6.45, 7) is 1.47. The number of anilines is 1. The molecule has 3 amide bonds. The standard InChI is InChI=1S/C19H24F3N5O3/c20-19(21,22)18(30)4-6-26(11-18)15-2-1-12(7-24-15)14-9-27(10-14)17(29)25-5-3-13(8-25)16(23)28/h1-2,7,13-14,30H,3-6,8-11H2,(H2,23,28)/t13-,18+/m0/s1. The van der Waals surface area contributed by atoms with E-state index in [0.29, 0.717) is 38.4 Å². The molecule has 2 atom stereocenters. The molecule has 0 spiro atoms. The van der Waals surface area contributed by atoms with Gasteiger partial charge in [-0.1, -0.05) is 6.07 Å². The van der Waals surface area contributed by atoms with Gasteiger partial charge in [0.1, 0.15) is 5.82 Å². The first kappa shape index (κ1) is 20.7. The van der Waals surface area contributed by atoms with E-state index in [0.717, 1.165) is 5.56 Å². The second-order valence-corrected chi connectivity index (χ2v) is 8.37. The molecule has 4 rings (SSSR count). The van der Waals surface area contributed by atoms with Crippen molar-refractivity contribution in [3.8, 4) is 0 Å². The Balaban J connectivity index is 1.30. The molecule has 30 heavy (non-hydrogen) atoms. The fourth-order valence-corrected chi connectivity index (χ4v) is 4.26. The van der Waals surface area contributed by atoms with Gasteiger partial charge in [-0.25, -0.2) is 9.78 Å². The highest BCUT2D eigenvalue weighted by Gasteiger charge is 2.57. The molecule has 3 aliphatic heterocycles. The highest BCUT2D eigenvalue weighted by Crippen LogP contribution is 2.39. The average molecular weight is 427 g/mol. The Morgan fingerprint density at radius 1 is 1.17 bits per heavy atom. The van der Waals surface area contributed by atoms with Crippen LogP contribution >= 0.6 is 0 Å². The molecule has 0 unspecified atom stereocenters. The van der Waals surface area contributed by atoms with Crippen molar-refractivity contribution in [3.63, 3.8) is 0 Å². The summed E-state index contributed by atoms with van der Waals surface area (Å²) in [6.07, 6.45) is -2.85. The molecular weight excluding hydrogens is 403 g/mol. The van der Waals surface area contributed by atoms with Gasteiger partial charge in [0.25, 0.3) is 0 Å². The Labute approximate surface area is 171 Å². The summed E-state index contributed by atoms with van der Waals surface area (Å²) in [6, 6.07) is 3.35. The second-order valence-electron chi connectivity index (χ2n) is 8.37.